The first-order valence-corrected chi connectivity index (χ1v) is 14.1. The van der Waals surface area contributed by atoms with Crippen molar-refractivity contribution < 1.29 is 4.74 Å². The van der Waals surface area contributed by atoms with Crippen molar-refractivity contribution in [3.05, 3.63) is 12.2 Å². The third-order valence-electron chi connectivity index (χ3n) is 8.92. The zero-order chi connectivity index (χ0) is 21.0. The summed E-state index contributed by atoms with van der Waals surface area (Å²) in [7, 11) is 0. The molecule has 3 aliphatic carbocycles. The molecule has 174 valence electrons. The fourth-order valence-electron chi connectivity index (χ4n) is 6.88. The molecule has 0 saturated heterocycles. The lowest BCUT2D eigenvalue weighted by Crippen LogP contribution is -2.28. The molecule has 0 spiro atoms. The van der Waals surface area contributed by atoms with Gasteiger partial charge in [-0.25, -0.2) is 0 Å². The lowest BCUT2D eigenvalue weighted by molar-refractivity contribution is 0.0208. The first-order chi connectivity index (χ1) is 14.8. The van der Waals surface area contributed by atoms with Gasteiger partial charge in [0.15, 0.2) is 0 Å². The highest BCUT2D eigenvalue weighted by atomic mass is 16.5. The second kappa shape index (κ2) is 14.0. The van der Waals surface area contributed by atoms with Crippen LogP contribution in [0.25, 0.3) is 0 Å². The average molecular weight is 417 g/mol. The van der Waals surface area contributed by atoms with E-state index in [0.717, 1.165) is 36.2 Å². The Bertz CT molecular complexity index is 445. The molecule has 0 aromatic carbocycles. The lowest BCUT2D eigenvalue weighted by Gasteiger charge is -2.37. The summed E-state index contributed by atoms with van der Waals surface area (Å²) in [4.78, 5) is 0. The smallest absolute Gasteiger partial charge is 0.0651 e. The highest BCUT2D eigenvalue weighted by molar-refractivity contribution is 4.91. The highest BCUT2D eigenvalue weighted by Crippen LogP contribution is 2.41. The van der Waals surface area contributed by atoms with Gasteiger partial charge in [0.05, 0.1) is 12.7 Å². The van der Waals surface area contributed by atoms with Gasteiger partial charge in [-0.2, -0.15) is 0 Å². The molecule has 0 bridgehead atoms. The summed E-state index contributed by atoms with van der Waals surface area (Å²) in [6, 6.07) is 0. The Kier molecular flexibility index (Phi) is 11.3. The Morgan fingerprint density at radius 1 is 0.633 bits per heavy atom. The van der Waals surface area contributed by atoms with Gasteiger partial charge in [0, 0.05) is 0 Å². The Hall–Kier alpha value is -0.300. The van der Waals surface area contributed by atoms with Crippen LogP contribution in [0.4, 0.5) is 0 Å². The van der Waals surface area contributed by atoms with Crippen molar-refractivity contribution in [3.63, 3.8) is 0 Å². The number of unbranched alkanes of at least 4 members (excludes halogenated alkanes) is 2. The minimum atomic E-state index is 0.539. The molecule has 0 N–H and O–H groups in total. The van der Waals surface area contributed by atoms with Crippen molar-refractivity contribution in [2.45, 2.75) is 136 Å². The van der Waals surface area contributed by atoms with Gasteiger partial charge in [-0.05, 0) is 93.8 Å². The molecule has 0 aromatic rings. The molecule has 3 aliphatic rings. The highest BCUT2D eigenvalue weighted by Gasteiger charge is 2.30. The lowest BCUT2D eigenvalue weighted by atomic mass is 9.70. The minimum absolute atomic E-state index is 0.539. The van der Waals surface area contributed by atoms with E-state index in [-0.39, 0.29) is 0 Å². The van der Waals surface area contributed by atoms with E-state index in [1.165, 1.54) is 116 Å². The standard InChI is InChI=1S/C29H52O/c1-3-5-6-9-25-11-13-26(14-12-25)10-7-23-30-29-21-19-28(20-22-29)27-17-15-24(8-4-2)16-18-27/h7,10,24-29H,3-6,8-9,11-23H2,1-2H3/b10-7+/t24-,25-,26-,27-,28-,29-. The van der Waals surface area contributed by atoms with E-state index in [2.05, 4.69) is 26.0 Å². The molecule has 0 aromatic heterocycles. The van der Waals surface area contributed by atoms with Crippen molar-refractivity contribution >= 4 is 0 Å². The van der Waals surface area contributed by atoms with Crippen LogP contribution in [-0.2, 0) is 4.74 Å². The summed E-state index contributed by atoms with van der Waals surface area (Å²) in [5.41, 5.74) is 0. The Morgan fingerprint density at radius 3 is 1.87 bits per heavy atom. The van der Waals surface area contributed by atoms with Crippen LogP contribution in [0.5, 0.6) is 0 Å². The van der Waals surface area contributed by atoms with Crippen LogP contribution in [0.15, 0.2) is 12.2 Å². The molecule has 3 rings (SSSR count). The molecule has 0 heterocycles. The molecule has 0 amide bonds. The second-order valence-corrected chi connectivity index (χ2v) is 11.1. The Morgan fingerprint density at radius 2 is 1.23 bits per heavy atom. The van der Waals surface area contributed by atoms with Gasteiger partial charge in [-0.15, -0.1) is 0 Å². The SMILES string of the molecule is CCCCC[C@H]1CC[C@H](/C=C/CO[C@H]2CC[C@H]([C@H]3CC[C@H](CCC)CC3)CC2)CC1. The molecule has 30 heavy (non-hydrogen) atoms. The van der Waals surface area contributed by atoms with E-state index in [9.17, 15) is 0 Å². The maximum absolute atomic E-state index is 6.26. The Balaban J connectivity index is 1.23. The summed E-state index contributed by atoms with van der Waals surface area (Å²) in [6.45, 7) is 5.52. The van der Waals surface area contributed by atoms with E-state index in [1.807, 2.05) is 0 Å². The zero-order valence-electron chi connectivity index (χ0n) is 20.5. The first kappa shape index (κ1) is 24.3. The third-order valence-corrected chi connectivity index (χ3v) is 8.92. The van der Waals surface area contributed by atoms with Crippen LogP contribution in [0, 0.1) is 29.6 Å². The van der Waals surface area contributed by atoms with Crippen LogP contribution >= 0.6 is 0 Å². The topological polar surface area (TPSA) is 9.23 Å². The van der Waals surface area contributed by atoms with Crippen molar-refractivity contribution in [3.8, 4) is 0 Å². The second-order valence-electron chi connectivity index (χ2n) is 11.1. The van der Waals surface area contributed by atoms with E-state index in [0.29, 0.717) is 6.10 Å². The first-order valence-electron chi connectivity index (χ1n) is 14.1. The largest absolute Gasteiger partial charge is 0.374 e. The fraction of sp³-hybridized carbons (Fsp3) is 0.931. The van der Waals surface area contributed by atoms with Crippen LogP contribution in [0.2, 0.25) is 0 Å². The molecule has 1 nitrogen and oxygen atoms in total. The normalized spacial score (nSPS) is 35.7. The predicted octanol–water partition coefficient (Wildman–Crippen LogP) is 9.11. The van der Waals surface area contributed by atoms with Gasteiger partial charge >= 0.3 is 0 Å². The van der Waals surface area contributed by atoms with Gasteiger partial charge in [-0.3, -0.25) is 0 Å². The zero-order valence-corrected chi connectivity index (χ0v) is 20.5. The number of ether oxygens (including phenoxy) is 1. The summed E-state index contributed by atoms with van der Waals surface area (Å²) in [6.07, 6.45) is 31.3. The Labute approximate surface area is 188 Å². The number of hydrogen-bond donors (Lipinski definition) is 0. The van der Waals surface area contributed by atoms with Gasteiger partial charge in [0.2, 0.25) is 0 Å². The van der Waals surface area contributed by atoms with Crippen LogP contribution < -0.4 is 0 Å². The molecule has 3 saturated carbocycles. The molecular weight excluding hydrogens is 364 g/mol. The van der Waals surface area contributed by atoms with Crippen LogP contribution in [-0.4, -0.2) is 12.7 Å². The van der Waals surface area contributed by atoms with E-state index < -0.39 is 0 Å². The minimum Gasteiger partial charge on any atom is -0.374 e. The molecule has 3 fully saturated rings. The maximum Gasteiger partial charge on any atom is 0.0651 e. The molecule has 0 aliphatic heterocycles. The summed E-state index contributed by atoms with van der Waals surface area (Å²) in [5, 5.41) is 0. The predicted molar refractivity (Wildman–Crippen MR) is 131 cm³/mol. The molecule has 0 radical (unpaired) electrons. The van der Waals surface area contributed by atoms with E-state index in [4.69, 9.17) is 4.74 Å². The average Bonchev–Trinajstić information content (AvgIpc) is 2.79. The van der Waals surface area contributed by atoms with E-state index >= 15 is 0 Å². The summed E-state index contributed by atoms with van der Waals surface area (Å²) >= 11 is 0. The van der Waals surface area contributed by atoms with Gasteiger partial charge in [0.25, 0.3) is 0 Å². The quantitative estimate of drug-likeness (QED) is 0.241. The van der Waals surface area contributed by atoms with Crippen LogP contribution in [0.3, 0.4) is 0 Å². The number of hydrogen-bond acceptors (Lipinski definition) is 1. The van der Waals surface area contributed by atoms with Crippen molar-refractivity contribution in [2.75, 3.05) is 6.61 Å². The molecule has 1 heteroatoms. The molecule has 0 unspecified atom stereocenters. The monoisotopic (exact) mass is 416 g/mol. The van der Waals surface area contributed by atoms with Crippen molar-refractivity contribution in [1.29, 1.82) is 0 Å². The fourth-order valence-corrected chi connectivity index (χ4v) is 6.88. The third kappa shape index (κ3) is 8.33. The van der Waals surface area contributed by atoms with Crippen molar-refractivity contribution in [2.24, 2.45) is 29.6 Å². The maximum atomic E-state index is 6.26. The molecule has 0 atom stereocenters. The van der Waals surface area contributed by atoms with Gasteiger partial charge in [0.1, 0.15) is 0 Å². The van der Waals surface area contributed by atoms with Crippen molar-refractivity contribution in [1.82, 2.24) is 0 Å². The number of rotatable bonds is 11. The summed E-state index contributed by atoms with van der Waals surface area (Å²) < 4.78 is 6.26. The van der Waals surface area contributed by atoms with Crippen LogP contribution in [0.1, 0.15) is 129 Å². The van der Waals surface area contributed by atoms with E-state index in [1.54, 1.807) is 0 Å². The van der Waals surface area contributed by atoms with Gasteiger partial charge < -0.3 is 4.74 Å². The van der Waals surface area contributed by atoms with Gasteiger partial charge in [-0.1, -0.05) is 77.4 Å². The number of allylic oxidation sites excluding steroid dienone is 1. The summed E-state index contributed by atoms with van der Waals surface area (Å²) in [5.74, 6) is 4.95. The molecular formula is C29H52O.